The molecule has 5 heteroatoms. The normalized spacial score (nSPS) is 12.3. The average molecular weight is 290 g/mol. The van der Waals surface area contributed by atoms with Crippen molar-refractivity contribution in [2.45, 2.75) is 44.0 Å². The number of halogens is 1. The van der Waals surface area contributed by atoms with Gasteiger partial charge in [-0.25, -0.2) is 8.42 Å². The van der Waals surface area contributed by atoms with Crippen molar-refractivity contribution in [3.63, 3.8) is 0 Å². The third-order valence-electron chi connectivity index (χ3n) is 2.72. The number of alkyl halides is 1. The molecule has 0 aromatic heterocycles. The van der Waals surface area contributed by atoms with E-state index < -0.39 is 10.0 Å². The highest BCUT2D eigenvalue weighted by molar-refractivity contribution is 7.89. The Kier molecular flexibility index (Phi) is 5.63. The first-order valence-corrected chi connectivity index (χ1v) is 8.08. The molecule has 0 fully saturated rings. The van der Waals surface area contributed by atoms with Crippen molar-refractivity contribution in [3.05, 3.63) is 29.8 Å². The predicted molar refractivity (Wildman–Crippen MR) is 75.3 cm³/mol. The van der Waals surface area contributed by atoms with Crippen LogP contribution in [-0.4, -0.2) is 25.3 Å². The van der Waals surface area contributed by atoms with E-state index in [-0.39, 0.29) is 11.9 Å². The molecule has 0 heterocycles. The number of nitrogens with zero attached hydrogens (tertiary/aromatic N) is 1. The molecule has 0 aliphatic carbocycles. The Morgan fingerprint density at radius 2 is 1.89 bits per heavy atom. The Balaban J connectivity index is 3.26. The second kappa shape index (κ2) is 6.55. The van der Waals surface area contributed by atoms with E-state index in [9.17, 15) is 8.42 Å². The molecule has 102 valence electrons. The third kappa shape index (κ3) is 3.25. The zero-order valence-electron chi connectivity index (χ0n) is 11.1. The summed E-state index contributed by atoms with van der Waals surface area (Å²) in [6.45, 7) is 6.27. The summed E-state index contributed by atoms with van der Waals surface area (Å²) in [4.78, 5) is 0.321. The summed E-state index contributed by atoms with van der Waals surface area (Å²) in [7, 11) is -3.46. The van der Waals surface area contributed by atoms with Crippen molar-refractivity contribution in [1.82, 2.24) is 4.31 Å². The highest BCUT2D eigenvalue weighted by atomic mass is 35.5. The number of rotatable bonds is 6. The molecule has 1 aromatic rings. The molecule has 3 nitrogen and oxygen atoms in total. The van der Waals surface area contributed by atoms with Gasteiger partial charge in [0.25, 0.3) is 0 Å². The maximum atomic E-state index is 12.6. The van der Waals surface area contributed by atoms with Gasteiger partial charge in [0.1, 0.15) is 0 Å². The molecule has 0 spiro atoms. The van der Waals surface area contributed by atoms with E-state index >= 15 is 0 Å². The van der Waals surface area contributed by atoms with Crippen LogP contribution in [0.3, 0.4) is 0 Å². The summed E-state index contributed by atoms with van der Waals surface area (Å²) in [5.74, 6) is 0.202. The van der Waals surface area contributed by atoms with Gasteiger partial charge < -0.3 is 0 Å². The van der Waals surface area contributed by atoms with Crippen molar-refractivity contribution in [2.24, 2.45) is 0 Å². The van der Waals surface area contributed by atoms with Gasteiger partial charge in [0.05, 0.1) is 4.90 Å². The fourth-order valence-corrected chi connectivity index (χ4v) is 4.13. The van der Waals surface area contributed by atoms with Crippen LogP contribution >= 0.6 is 11.6 Å². The monoisotopic (exact) mass is 289 g/mol. The van der Waals surface area contributed by atoms with Crippen LogP contribution in [-0.2, 0) is 15.9 Å². The lowest BCUT2D eigenvalue weighted by atomic mass is 10.2. The third-order valence-corrected chi connectivity index (χ3v) is 5.19. The Morgan fingerprint density at radius 3 is 2.39 bits per heavy atom. The van der Waals surface area contributed by atoms with Gasteiger partial charge in [0.15, 0.2) is 0 Å². The van der Waals surface area contributed by atoms with E-state index in [4.69, 9.17) is 11.6 Å². The summed E-state index contributed by atoms with van der Waals surface area (Å²) in [6.07, 6.45) is 0.792. The summed E-state index contributed by atoms with van der Waals surface area (Å²) < 4.78 is 26.7. The maximum absolute atomic E-state index is 12.6. The number of benzene rings is 1. The molecule has 0 saturated heterocycles. The summed E-state index contributed by atoms with van der Waals surface area (Å²) in [5.41, 5.74) is 0.654. The highest BCUT2D eigenvalue weighted by Crippen LogP contribution is 2.23. The van der Waals surface area contributed by atoms with Crippen LogP contribution in [0.1, 0.15) is 32.8 Å². The van der Waals surface area contributed by atoms with E-state index in [0.29, 0.717) is 17.0 Å². The smallest absolute Gasteiger partial charge is 0.207 e. The van der Waals surface area contributed by atoms with Crippen LogP contribution in [0.2, 0.25) is 0 Å². The lowest BCUT2D eigenvalue weighted by molar-refractivity contribution is 0.354. The van der Waals surface area contributed by atoms with E-state index in [1.54, 1.807) is 24.3 Å². The lowest BCUT2D eigenvalue weighted by Crippen LogP contribution is -2.37. The fraction of sp³-hybridized carbons (Fsp3) is 0.538. The first kappa shape index (κ1) is 15.5. The van der Waals surface area contributed by atoms with Crippen LogP contribution in [0.25, 0.3) is 0 Å². The van der Waals surface area contributed by atoms with E-state index in [2.05, 4.69) is 0 Å². The first-order chi connectivity index (χ1) is 8.45. The van der Waals surface area contributed by atoms with Crippen LogP contribution in [0, 0.1) is 0 Å². The molecule has 18 heavy (non-hydrogen) atoms. The predicted octanol–water partition coefficient (Wildman–Crippen LogP) is 3.23. The molecule has 0 aliphatic rings. The summed E-state index contributed by atoms with van der Waals surface area (Å²) in [6, 6.07) is 6.85. The zero-order chi connectivity index (χ0) is 13.8. The van der Waals surface area contributed by atoms with Crippen molar-refractivity contribution >= 4 is 21.6 Å². The quantitative estimate of drug-likeness (QED) is 0.754. The molecular weight excluding hydrogens is 270 g/mol. The van der Waals surface area contributed by atoms with Gasteiger partial charge in [0.2, 0.25) is 10.0 Å². The SMILES string of the molecule is CCCN(C(C)C)S(=O)(=O)c1ccccc1CCl. The van der Waals surface area contributed by atoms with Gasteiger partial charge in [-0.3, -0.25) is 0 Å². The Morgan fingerprint density at radius 1 is 1.28 bits per heavy atom. The van der Waals surface area contributed by atoms with Gasteiger partial charge in [-0.05, 0) is 31.9 Å². The molecule has 1 aromatic carbocycles. The molecule has 0 unspecified atom stereocenters. The fourth-order valence-electron chi connectivity index (χ4n) is 1.87. The largest absolute Gasteiger partial charge is 0.243 e. The molecule has 0 amide bonds. The molecule has 0 atom stereocenters. The van der Waals surface area contributed by atoms with Gasteiger partial charge in [0, 0.05) is 18.5 Å². The topological polar surface area (TPSA) is 37.4 Å². The van der Waals surface area contributed by atoms with E-state index in [1.807, 2.05) is 20.8 Å². The van der Waals surface area contributed by atoms with E-state index in [0.717, 1.165) is 6.42 Å². The second-order valence-electron chi connectivity index (χ2n) is 4.45. The maximum Gasteiger partial charge on any atom is 0.243 e. The number of sulfonamides is 1. The molecular formula is C13H20ClNO2S. The standard InChI is InChI=1S/C13H20ClNO2S/c1-4-9-15(11(2)3)18(16,17)13-8-6-5-7-12(13)10-14/h5-8,11H,4,9-10H2,1-3H3. The summed E-state index contributed by atoms with van der Waals surface area (Å²) >= 11 is 5.82. The van der Waals surface area contributed by atoms with Crippen molar-refractivity contribution in [2.75, 3.05) is 6.54 Å². The van der Waals surface area contributed by atoms with Crippen LogP contribution in [0.15, 0.2) is 29.2 Å². The minimum Gasteiger partial charge on any atom is -0.207 e. The van der Waals surface area contributed by atoms with Gasteiger partial charge in [-0.2, -0.15) is 4.31 Å². The minimum atomic E-state index is -3.46. The zero-order valence-corrected chi connectivity index (χ0v) is 12.6. The van der Waals surface area contributed by atoms with Gasteiger partial charge >= 0.3 is 0 Å². The van der Waals surface area contributed by atoms with Gasteiger partial charge in [-0.1, -0.05) is 25.1 Å². The highest BCUT2D eigenvalue weighted by Gasteiger charge is 2.27. The van der Waals surface area contributed by atoms with Crippen LogP contribution in [0.5, 0.6) is 0 Å². The molecule has 0 radical (unpaired) electrons. The molecule has 0 saturated carbocycles. The Labute approximate surface area is 115 Å². The van der Waals surface area contributed by atoms with E-state index in [1.165, 1.54) is 4.31 Å². The number of hydrogen-bond acceptors (Lipinski definition) is 2. The number of hydrogen-bond donors (Lipinski definition) is 0. The van der Waals surface area contributed by atoms with Crippen molar-refractivity contribution in [3.8, 4) is 0 Å². The first-order valence-electron chi connectivity index (χ1n) is 6.10. The summed E-state index contributed by atoms with van der Waals surface area (Å²) in [5, 5.41) is 0. The molecule has 0 bridgehead atoms. The van der Waals surface area contributed by atoms with Gasteiger partial charge in [-0.15, -0.1) is 11.6 Å². The Bertz CT molecular complexity index is 486. The molecule has 1 rings (SSSR count). The Hall–Kier alpha value is -0.580. The second-order valence-corrected chi connectivity index (χ2v) is 6.58. The van der Waals surface area contributed by atoms with Crippen LogP contribution < -0.4 is 0 Å². The molecule has 0 N–H and O–H groups in total. The molecule has 0 aliphatic heterocycles. The average Bonchev–Trinajstić information content (AvgIpc) is 2.35. The van der Waals surface area contributed by atoms with Crippen LogP contribution in [0.4, 0.5) is 0 Å². The van der Waals surface area contributed by atoms with Crippen molar-refractivity contribution in [1.29, 1.82) is 0 Å². The van der Waals surface area contributed by atoms with Crippen molar-refractivity contribution < 1.29 is 8.42 Å². The lowest BCUT2D eigenvalue weighted by Gasteiger charge is -2.26. The minimum absolute atomic E-state index is 0.0571.